The molecule has 0 spiro atoms. The molecule has 0 aliphatic carbocycles. The molecule has 2 saturated heterocycles. The van der Waals surface area contributed by atoms with Crippen LogP contribution in [0.5, 0.6) is 0 Å². The second-order valence-corrected chi connectivity index (χ2v) is 8.13. The van der Waals surface area contributed by atoms with Crippen molar-refractivity contribution in [1.29, 1.82) is 0 Å². The summed E-state index contributed by atoms with van der Waals surface area (Å²) in [6.07, 6.45) is 4.49. The molecule has 2 aromatic rings. The Labute approximate surface area is 163 Å². The summed E-state index contributed by atoms with van der Waals surface area (Å²) in [6, 6.07) is 13.9. The van der Waals surface area contributed by atoms with Crippen molar-refractivity contribution >= 4 is 5.69 Å². The van der Waals surface area contributed by atoms with Gasteiger partial charge in [0.1, 0.15) is 0 Å². The Morgan fingerprint density at radius 1 is 0.889 bits per heavy atom. The summed E-state index contributed by atoms with van der Waals surface area (Å²) in [6.45, 7) is 12.4. The van der Waals surface area contributed by atoms with Crippen molar-refractivity contribution in [3.05, 3.63) is 59.4 Å². The Morgan fingerprint density at radius 2 is 1.59 bits per heavy atom. The summed E-state index contributed by atoms with van der Waals surface area (Å²) in [5.41, 5.74) is 5.27. The van der Waals surface area contributed by atoms with E-state index in [0.29, 0.717) is 0 Å². The maximum atomic E-state index is 4.56. The lowest BCUT2D eigenvalue weighted by Crippen LogP contribution is -2.53. The molecule has 0 unspecified atom stereocenters. The second kappa shape index (κ2) is 8.41. The van der Waals surface area contributed by atoms with Gasteiger partial charge in [0.15, 0.2) is 0 Å². The molecule has 0 saturated carbocycles. The van der Waals surface area contributed by atoms with Gasteiger partial charge in [-0.2, -0.15) is 0 Å². The van der Waals surface area contributed by atoms with Crippen LogP contribution in [0.25, 0.3) is 0 Å². The van der Waals surface area contributed by atoms with E-state index in [2.05, 4.69) is 63.9 Å². The maximum absolute atomic E-state index is 4.56. The average molecular weight is 365 g/mol. The number of piperidine rings is 1. The van der Waals surface area contributed by atoms with Crippen LogP contribution in [-0.4, -0.2) is 60.1 Å². The van der Waals surface area contributed by atoms with Crippen molar-refractivity contribution in [2.75, 3.05) is 44.2 Å². The topological polar surface area (TPSA) is 22.6 Å². The highest BCUT2D eigenvalue weighted by Crippen LogP contribution is 2.24. The summed E-state index contributed by atoms with van der Waals surface area (Å²) >= 11 is 0. The molecule has 4 rings (SSSR count). The minimum absolute atomic E-state index is 0.755. The van der Waals surface area contributed by atoms with Crippen molar-refractivity contribution in [1.82, 2.24) is 14.8 Å². The first-order valence-corrected chi connectivity index (χ1v) is 10.4. The van der Waals surface area contributed by atoms with Crippen LogP contribution in [0.2, 0.25) is 0 Å². The van der Waals surface area contributed by atoms with Crippen LogP contribution in [0.1, 0.15) is 29.7 Å². The summed E-state index contributed by atoms with van der Waals surface area (Å²) in [4.78, 5) is 12.4. The molecule has 0 radical (unpaired) electrons. The maximum Gasteiger partial charge on any atom is 0.0573 e. The molecule has 144 valence electrons. The quantitative estimate of drug-likeness (QED) is 0.828. The van der Waals surface area contributed by atoms with Crippen LogP contribution in [0, 0.1) is 13.8 Å². The zero-order valence-corrected chi connectivity index (χ0v) is 16.8. The molecule has 0 atom stereocenters. The van der Waals surface area contributed by atoms with Gasteiger partial charge in [-0.15, -0.1) is 0 Å². The number of pyridine rings is 1. The van der Waals surface area contributed by atoms with Crippen LogP contribution in [0.15, 0.2) is 42.6 Å². The Hall–Kier alpha value is -1.91. The zero-order valence-electron chi connectivity index (χ0n) is 16.8. The standard InChI is InChI=1S/C23H32N4/c1-19-5-7-21(8-6-19)26-12-9-22(10-13-26)27-16-14-25(15-17-27)18-23-20(2)4-3-11-24-23/h3-8,11,22H,9-10,12-18H2,1-2H3. The van der Waals surface area contributed by atoms with E-state index in [1.165, 1.54) is 61.5 Å². The first-order chi connectivity index (χ1) is 13.2. The van der Waals surface area contributed by atoms with E-state index in [1.54, 1.807) is 0 Å². The van der Waals surface area contributed by atoms with Gasteiger partial charge in [-0.05, 0) is 50.5 Å². The molecule has 2 aliphatic rings. The SMILES string of the molecule is Cc1ccc(N2CCC(N3CCN(Cc4ncccc4C)CC3)CC2)cc1. The Balaban J connectivity index is 1.25. The summed E-state index contributed by atoms with van der Waals surface area (Å²) in [7, 11) is 0. The Morgan fingerprint density at radius 3 is 2.26 bits per heavy atom. The fraction of sp³-hybridized carbons (Fsp3) is 0.522. The number of anilines is 1. The van der Waals surface area contributed by atoms with Gasteiger partial charge in [0, 0.05) is 63.7 Å². The highest BCUT2D eigenvalue weighted by Gasteiger charge is 2.27. The van der Waals surface area contributed by atoms with Gasteiger partial charge >= 0.3 is 0 Å². The van der Waals surface area contributed by atoms with Crippen molar-refractivity contribution in [3.63, 3.8) is 0 Å². The van der Waals surface area contributed by atoms with E-state index in [0.717, 1.165) is 25.7 Å². The van der Waals surface area contributed by atoms with E-state index in [-0.39, 0.29) is 0 Å². The lowest BCUT2D eigenvalue weighted by atomic mass is 10.0. The summed E-state index contributed by atoms with van der Waals surface area (Å²) < 4.78 is 0. The third-order valence-corrected chi connectivity index (χ3v) is 6.28. The first-order valence-electron chi connectivity index (χ1n) is 10.4. The smallest absolute Gasteiger partial charge is 0.0573 e. The average Bonchev–Trinajstić information content (AvgIpc) is 2.71. The fourth-order valence-electron chi connectivity index (χ4n) is 4.43. The van der Waals surface area contributed by atoms with Crippen LogP contribution in [0.4, 0.5) is 5.69 Å². The van der Waals surface area contributed by atoms with Crippen molar-refractivity contribution < 1.29 is 0 Å². The minimum atomic E-state index is 0.755. The highest BCUT2D eigenvalue weighted by atomic mass is 15.3. The molecular formula is C23H32N4. The van der Waals surface area contributed by atoms with E-state index in [1.807, 2.05) is 12.3 Å². The second-order valence-electron chi connectivity index (χ2n) is 8.13. The predicted molar refractivity (Wildman–Crippen MR) is 112 cm³/mol. The zero-order chi connectivity index (χ0) is 18.6. The molecule has 0 amide bonds. The molecule has 2 aliphatic heterocycles. The fourth-order valence-corrected chi connectivity index (χ4v) is 4.43. The lowest BCUT2D eigenvalue weighted by Gasteiger charge is -2.43. The third kappa shape index (κ3) is 4.50. The van der Waals surface area contributed by atoms with Gasteiger partial charge in [-0.3, -0.25) is 14.8 Å². The van der Waals surface area contributed by atoms with E-state index >= 15 is 0 Å². The number of piperazine rings is 1. The molecule has 0 bridgehead atoms. The number of nitrogens with zero attached hydrogens (tertiary/aromatic N) is 4. The van der Waals surface area contributed by atoms with Crippen molar-refractivity contribution in [2.24, 2.45) is 0 Å². The Bertz CT molecular complexity index is 726. The molecule has 0 N–H and O–H groups in total. The number of aryl methyl sites for hydroxylation is 2. The summed E-state index contributed by atoms with van der Waals surface area (Å²) in [5, 5.41) is 0. The van der Waals surface area contributed by atoms with Crippen LogP contribution >= 0.6 is 0 Å². The monoisotopic (exact) mass is 364 g/mol. The molecular weight excluding hydrogens is 332 g/mol. The number of hydrogen-bond acceptors (Lipinski definition) is 4. The predicted octanol–water partition coefficient (Wildman–Crippen LogP) is 3.49. The summed E-state index contributed by atoms with van der Waals surface area (Å²) in [5.74, 6) is 0. The van der Waals surface area contributed by atoms with Crippen LogP contribution < -0.4 is 4.90 Å². The van der Waals surface area contributed by atoms with E-state index < -0.39 is 0 Å². The third-order valence-electron chi connectivity index (χ3n) is 6.28. The number of aromatic nitrogens is 1. The number of hydrogen-bond donors (Lipinski definition) is 0. The molecule has 1 aromatic heterocycles. The van der Waals surface area contributed by atoms with Gasteiger partial charge in [-0.25, -0.2) is 0 Å². The molecule has 27 heavy (non-hydrogen) atoms. The highest BCUT2D eigenvalue weighted by molar-refractivity contribution is 5.47. The van der Waals surface area contributed by atoms with Gasteiger partial charge in [-0.1, -0.05) is 23.8 Å². The largest absolute Gasteiger partial charge is 0.371 e. The minimum Gasteiger partial charge on any atom is -0.371 e. The molecule has 4 heteroatoms. The van der Waals surface area contributed by atoms with Crippen molar-refractivity contribution in [2.45, 2.75) is 39.3 Å². The van der Waals surface area contributed by atoms with Crippen LogP contribution in [-0.2, 0) is 6.54 Å². The van der Waals surface area contributed by atoms with E-state index in [4.69, 9.17) is 0 Å². The van der Waals surface area contributed by atoms with Gasteiger partial charge in [0.05, 0.1) is 5.69 Å². The van der Waals surface area contributed by atoms with Gasteiger partial charge in [0.25, 0.3) is 0 Å². The first kappa shape index (κ1) is 18.5. The molecule has 4 nitrogen and oxygen atoms in total. The molecule has 3 heterocycles. The molecule has 2 fully saturated rings. The van der Waals surface area contributed by atoms with Gasteiger partial charge < -0.3 is 4.90 Å². The van der Waals surface area contributed by atoms with Crippen LogP contribution in [0.3, 0.4) is 0 Å². The normalized spacial score (nSPS) is 20.1. The number of benzene rings is 1. The molecule has 1 aromatic carbocycles. The lowest BCUT2D eigenvalue weighted by molar-refractivity contribution is 0.0804. The van der Waals surface area contributed by atoms with Gasteiger partial charge in [0.2, 0.25) is 0 Å². The van der Waals surface area contributed by atoms with Crippen molar-refractivity contribution in [3.8, 4) is 0 Å². The van der Waals surface area contributed by atoms with E-state index in [9.17, 15) is 0 Å². The number of rotatable bonds is 4. The Kier molecular flexibility index (Phi) is 5.74.